The van der Waals surface area contributed by atoms with Crippen molar-refractivity contribution in [1.29, 1.82) is 0 Å². The molecule has 92 valence electrons. The van der Waals surface area contributed by atoms with Crippen LogP contribution in [0, 0.1) is 0 Å². The van der Waals surface area contributed by atoms with E-state index in [-0.39, 0.29) is 30.7 Å². The Morgan fingerprint density at radius 1 is 1.47 bits per heavy atom. The van der Waals surface area contributed by atoms with Crippen molar-refractivity contribution in [3.05, 3.63) is 34.7 Å². The van der Waals surface area contributed by atoms with Crippen molar-refractivity contribution in [2.75, 3.05) is 13.2 Å². The van der Waals surface area contributed by atoms with Crippen LogP contribution < -0.4 is 5.56 Å². The number of hydrogen-bond donors (Lipinski definition) is 1. The van der Waals surface area contributed by atoms with Crippen LogP contribution in [0.15, 0.2) is 29.2 Å². The maximum absolute atomic E-state index is 12.0. The second-order valence-electron chi connectivity index (χ2n) is 4.21. The molecule has 0 spiro atoms. The molecule has 2 rings (SSSR count). The smallest absolute Gasteiger partial charge is 0.250 e. The molecule has 1 aliphatic carbocycles. The molecule has 0 unspecified atom stereocenters. The van der Waals surface area contributed by atoms with Crippen LogP contribution in [0.3, 0.4) is 0 Å². The van der Waals surface area contributed by atoms with Gasteiger partial charge in [0.25, 0.3) is 5.56 Å². The molecule has 1 fully saturated rings. The molecule has 0 saturated heterocycles. The molecule has 1 amide bonds. The van der Waals surface area contributed by atoms with E-state index in [0.29, 0.717) is 6.54 Å². The van der Waals surface area contributed by atoms with Crippen LogP contribution in [0.5, 0.6) is 0 Å². The molecule has 1 heterocycles. The monoisotopic (exact) mass is 236 g/mol. The quantitative estimate of drug-likeness (QED) is 0.772. The molecule has 1 aliphatic rings. The molecule has 1 aromatic rings. The van der Waals surface area contributed by atoms with E-state index >= 15 is 0 Å². The number of pyridine rings is 1. The normalized spacial score (nSPS) is 14.6. The van der Waals surface area contributed by atoms with Crippen LogP contribution >= 0.6 is 0 Å². The number of aromatic nitrogens is 1. The third-order valence-electron chi connectivity index (χ3n) is 2.85. The number of hydrogen-bond acceptors (Lipinski definition) is 3. The number of aliphatic hydroxyl groups is 1. The first-order valence-electron chi connectivity index (χ1n) is 5.78. The van der Waals surface area contributed by atoms with Gasteiger partial charge >= 0.3 is 0 Å². The molecule has 0 bridgehead atoms. The van der Waals surface area contributed by atoms with Crippen molar-refractivity contribution in [2.24, 2.45) is 0 Å². The van der Waals surface area contributed by atoms with Gasteiger partial charge in [0.1, 0.15) is 6.54 Å². The minimum absolute atomic E-state index is 0.0358. The minimum atomic E-state index is -0.180. The lowest BCUT2D eigenvalue weighted by atomic mass is 10.4. The summed E-state index contributed by atoms with van der Waals surface area (Å²) < 4.78 is 1.38. The van der Waals surface area contributed by atoms with Gasteiger partial charge in [-0.15, -0.1) is 0 Å². The van der Waals surface area contributed by atoms with E-state index in [1.165, 1.54) is 10.6 Å². The summed E-state index contributed by atoms with van der Waals surface area (Å²) in [7, 11) is 0. The largest absolute Gasteiger partial charge is 0.395 e. The lowest BCUT2D eigenvalue weighted by Gasteiger charge is -2.21. The molecular weight excluding hydrogens is 220 g/mol. The molecule has 17 heavy (non-hydrogen) atoms. The van der Waals surface area contributed by atoms with Gasteiger partial charge in [0.05, 0.1) is 6.61 Å². The number of nitrogens with zero attached hydrogens (tertiary/aromatic N) is 2. The molecule has 0 atom stereocenters. The highest BCUT2D eigenvalue weighted by Crippen LogP contribution is 2.26. The Bertz CT molecular complexity index is 451. The molecule has 0 aromatic carbocycles. The molecule has 5 nitrogen and oxygen atoms in total. The predicted octanol–water partition coefficient (Wildman–Crippen LogP) is -0.168. The van der Waals surface area contributed by atoms with Gasteiger partial charge in [-0.25, -0.2) is 0 Å². The van der Waals surface area contributed by atoms with E-state index in [1.54, 1.807) is 23.2 Å². The summed E-state index contributed by atoms with van der Waals surface area (Å²) in [4.78, 5) is 25.1. The van der Waals surface area contributed by atoms with E-state index in [2.05, 4.69) is 0 Å². The molecule has 5 heteroatoms. The Balaban J connectivity index is 2.04. The molecule has 0 aliphatic heterocycles. The maximum Gasteiger partial charge on any atom is 0.250 e. The summed E-state index contributed by atoms with van der Waals surface area (Å²) in [5, 5.41) is 8.92. The molecule has 1 N–H and O–H groups in total. The number of rotatable bonds is 5. The zero-order chi connectivity index (χ0) is 12.3. The fourth-order valence-corrected chi connectivity index (χ4v) is 1.83. The van der Waals surface area contributed by atoms with Crippen LogP contribution in [-0.4, -0.2) is 39.7 Å². The Hall–Kier alpha value is -1.62. The van der Waals surface area contributed by atoms with Gasteiger partial charge in [-0.2, -0.15) is 0 Å². The highest BCUT2D eigenvalue weighted by molar-refractivity contribution is 5.76. The van der Waals surface area contributed by atoms with E-state index < -0.39 is 0 Å². The average molecular weight is 236 g/mol. The van der Waals surface area contributed by atoms with Crippen molar-refractivity contribution < 1.29 is 9.90 Å². The number of aliphatic hydroxyl groups excluding tert-OH is 1. The van der Waals surface area contributed by atoms with Gasteiger partial charge in [0, 0.05) is 24.8 Å². The van der Waals surface area contributed by atoms with Gasteiger partial charge < -0.3 is 14.6 Å². The van der Waals surface area contributed by atoms with Gasteiger partial charge in [0.15, 0.2) is 0 Å². The Labute approximate surface area is 99.3 Å². The summed E-state index contributed by atoms with van der Waals surface area (Å²) in [6.45, 7) is 0.368. The number of amides is 1. The minimum Gasteiger partial charge on any atom is -0.395 e. The lowest BCUT2D eigenvalue weighted by molar-refractivity contribution is -0.133. The molecule has 1 aromatic heterocycles. The SMILES string of the molecule is O=C(Cn1ccccc1=O)N(CCO)C1CC1. The first-order chi connectivity index (χ1) is 8.22. The summed E-state index contributed by atoms with van der Waals surface area (Å²) in [5.74, 6) is -0.102. The molecule has 1 saturated carbocycles. The zero-order valence-corrected chi connectivity index (χ0v) is 9.58. The Morgan fingerprint density at radius 2 is 2.24 bits per heavy atom. The summed E-state index contributed by atoms with van der Waals surface area (Å²) >= 11 is 0. The average Bonchev–Trinajstić information content (AvgIpc) is 3.13. The van der Waals surface area contributed by atoms with Crippen molar-refractivity contribution in [1.82, 2.24) is 9.47 Å². The van der Waals surface area contributed by atoms with Crippen molar-refractivity contribution >= 4 is 5.91 Å². The Morgan fingerprint density at radius 3 is 2.82 bits per heavy atom. The first kappa shape index (κ1) is 11.9. The second kappa shape index (κ2) is 5.14. The van der Waals surface area contributed by atoms with E-state index in [9.17, 15) is 9.59 Å². The van der Waals surface area contributed by atoms with Crippen LogP contribution in [-0.2, 0) is 11.3 Å². The van der Waals surface area contributed by atoms with E-state index in [4.69, 9.17) is 5.11 Å². The zero-order valence-electron chi connectivity index (χ0n) is 9.58. The van der Waals surface area contributed by atoms with Gasteiger partial charge in [-0.05, 0) is 18.9 Å². The van der Waals surface area contributed by atoms with Crippen LogP contribution in [0.4, 0.5) is 0 Å². The number of carbonyl (C=O) groups is 1. The summed E-state index contributed by atoms with van der Waals surface area (Å²) in [5.41, 5.74) is -0.180. The van der Waals surface area contributed by atoms with E-state index in [0.717, 1.165) is 12.8 Å². The summed E-state index contributed by atoms with van der Waals surface area (Å²) in [6.07, 6.45) is 3.59. The fourth-order valence-electron chi connectivity index (χ4n) is 1.83. The first-order valence-corrected chi connectivity index (χ1v) is 5.78. The van der Waals surface area contributed by atoms with Crippen LogP contribution in [0.1, 0.15) is 12.8 Å². The second-order valence-corrected chi connectivity index (χ2v) is 4.21. The van der Waals surface area contributed by atoms with Crippen LogP contribution in [0.2, 0.25) is 0 Å². The lowest BCUT2D eigenvalue weighted by Crippen LogP contribution is -2.39. The fraction of sp³-hybridized carbons (Fsp3) is 0.500. The molecule has 0 radical (unpaired) electrons. The van der Waals surface area contributed by atoms with Crippen molar-refractivity contribution in [2.45, 2.75) is 25.4 Å². The van der Waals surface area contributed by atoms with Crippen molar-refractivity contribution in [3.8, 4) is 0 Å². The summed E-state index contributed by atoms with van der Waals surface area (Å²) in [6, 6.07) is 5.06. The number of carbonyl (C=O) groups excluding carboxylic acids is 1. The van der Waals surface area contributed by atoms with Crippen LogP contribution in [0.25, 0.3) is 0 Å². The van der Waals surface area contributed by atoms with E-state index in [1.807, 2.05) is 0 Å². The topological polar surface area (TPSA) is 62.5 Å². The van der Waals surface area contributed by atoms with Crippen molar-refractivity contribution in [3.63, 3.8) is 0 Å². The third kappa shape index (κ3) is 2.94. The van der Waals surface area contributed by atoms with Gasteiger partial charge in [-0.3, -0.25) is 9.59 Å². The predicted molar refractivity (Wildman–Crippen MR) is 62.5 cm³/mol. The maximum atomic E-state index is 12.0. The standard InChI is InChI=1S/C12H16N2O3/c15-8-7-14(10-4-5-10)12(17)9-13-6-2-1-3-11(13)16/h1-3,6,10,15H,4-5,7-9H2. The van der Waals surface area contributed by atoms with Gasteiger partial charge in [0.2, 0.25) is 5.91 Å². The van der Waals surface area contributed by atoms with Gasteiger partial charge in [-0.1, -0.05) is 6.07 Å². The molecular formula is C12H16N2O3. The highest BCUT2D eigenvalue weighted by Gasteiger charge is 2.31. The Kier molecular flexibility index (Phi) is 3.58. The highest BCUT2D eigenvalue weighted by atomic mass is 16.3. The third-order valence-corrected chi connectivity index (χ3v) is 2.85.